The van der Waals surface area contributed by atoms with Crippen molar-refractivity contribution in [1.29, 1.82) is 0 Å². The number of hydrogen-bond acceptors (Lipinski definition) is 3. The average molecular weight is 338 g/mol. The molecule has 1 saturated heterocycles. The van der Waals surface area contributed by atoms with E-state index in [4.69, 9.17) is 4.74 Å². The normalized spacial score (nSPS) is 17.9. The molecule has 0 aliphatic carbocycles. The van der Waals surface area contributed by atoms with E-state index < -0.39 is 0 Å². The van der Waals surface area contributed by atoms with Gasteiger partial charge in [-0.2, -0.15) is 0 Å². The molecule has 1 aliphatic rings. The smallest absolute Gasteiger partial charge is 0.231 e. The first-order valence-corrected chi connectivity index (χ1v) is 8.85. The maximum Gasteiger partial charge on any atom is 0.231 e. The minimum absolute atomic E-state index is 0.0497. The summed E-state index contributed by atoms with van der Waals surface area (Å²) in [7, 11) is 3.50. The lowest BCUT2D eigenvalue weighted by Gasteiger charge is -2.34. The Morgan fingerprint density at radius 3 is 2.76 bits per heavy atom. The van der Waals surface area contributed by atoms with E-state index in [0.29, 0.717) is 0 Å². The molecular weight excluding hydrogens is 312 g/mol. The van der Waals surface area contributed by atoms with Crippen molar-refractivity contribution in [3.05, 3.63) is 60.2 Å². The van der Waals surface area contributed by atoms with E-state index in [2.05, 4.69) is 29.2 Å². The number of likely N-dealkylation sites (tertiary alicyclic amines) is 1. The van der Waals surface area contributed by atoms with Crippen LogP contribution in [0.25, 0.3) is 0 Å². The molecule has 1 amide bonds. The summed E-state index contributed by atoms with van der Waals surface area (Å²) in [5, 5.41) is 0. The van der Waals surface area contributed by atoms with Crippen molar-refractivity contribution in [3.8, 4) is 5.75 Å². The molecule has 0 N–H and O–H groups in total. The number of carbonyl (C=O) groups excluding carboxylic acids is 1. The van der Waals surface area contributed by atoms with Gasteiger partial charge in [0.15, 0.2) is 0 Å². The zero-order chi connectivity index (χ0) is 17.6. The van der Waals surface area contributed by atoms with Crippen LogP contribution >= 0.6 is 0 Å². The van der Waals surface area contributed by atoms with Gasteiger partial charge in [-0.25, -0.2) is 0 Å². The Morgan fingerprint density at radius 1 is 1.20 bits per heavy atom. The van der Waals surface area contributed by atoms with E-state index in [1.54, 1.807) is 12.0 Å². The molecule has 132 valence electrons. The van der Waals surface area contributed by atoms with Gasteiger partial charge in [-0.3, -0.25) is 9.69 Å². The Bertz CT molecular complexity index is 702. The number of rotatable bonds is 5. The van der Waals surface area contributed by atoms with Crippen molar-refractivity contribution in [1.82, 2.24) is 4.90 Å². The van der Waals surface area contributed by atoms with Gasteiger partial charge in [0.25, 0.3) is 0 Å². The Morgan fingerprint density at radius 2 is 2.00 bits per heavy atom. The van der Waals surface area contributed by atoms with Crippen LogP contribution in [-0.4, -0.2) is 38.1 Å². The van der Waals surface area contributed by atoms with Crippen LogP contribution in [0.3, 0.4) is 0 Å². The van der Waals surface area contributed by atoms with Gasteiger partial charge >= 0.3 is 0 Å². The van der Waals surface area contributed by atoms with Crippen molar-refractivity contribution >= 4 is 11.6 Å². The molecule has 1 atom stereocenters. The van der Waals surface area contributed by atoms with Gasteiger partial charge < -0.3 is 9.64 Å². The molecule has 4 nitrogen and oxygen atoms in total. The highest BCUT2D eigenvalue weighted by molar-refractivity contribution is 5.94. The summed E-state index contributed by atoms with van der Waals surface area (Å²) in [5.74, 6) is 1.01. The summed E-state index contributed by atoms with van der Waals surface area (Å²) in [6.07, 6.45) is 2.02. The standard InChI is InChI=1S/C21H26N2O2/c1-22(19-11-6-12-20(14-19)25-2)21(24)18-10-7-13-23(16-18)15-17-8-4-3-5-9-17/h3-6,8-9,11-12,14,18H,7,10,13,15-16H2,1-2H3/t18-/m1/s1. The van der Waals surface area contributed by atoms with E-state index in [-0.39, 0.29) is 11.8 Å². The number of nitrogens with zero attached hydrogens (tertiary/aromatic N) is 2. The highest BCUT2D eigenvalue weighted by atomic mass is 16.5. The molecule has 3 rings (SSSR count). The summed E-state index contributed by atoms with van der Waals surface area (Å²) < 4.78 is 5.27. The van der Waals surface area contributed by atoms with Gasteiger partial charge in [-0.1, -0.05) is 36.4 Å². The minimum Gasteiger partial charge on any atom is -0.497 e. The van der Waals surface area contributed by atoms with Crippen LogP contribution in [0.4, 0.5) is 5.69 Å². The predicted molar refractivity (Wildman–Crippen MR) is 101 cm³/mol. The zero-order valence-corrected chi connectivity index (χ0v) is 15.0. The summed E-state index contributed by atoms with van der Waals surface area (Å²) in [4.78, 5) is 17.1. The molecule has 0 unspecified atom stereocenters. The number of hydrogen-bond donors (Lipinski definition) is 0. The molecule has 0 radical (unpaired) electrons. The molecule has 1 heterocycles. The van der Waals surface area contributed by atoms with Crippen LogP contribution in [0, 0.1) is 5.92 Å². The van der Waals surface area contributed by atoms with E-state index in [1.807, 2.05) is 37.4 Å². The third kappa shape index (κ3) is 4.40. The second-order valence-electron chi connectivity index (χ2n) is 6.66. The first-order chi connectivity index (χ1) is 12.2. The highest BCUT2D eigenvalue weighted by Gasteiger charge is 2.28. The summed E-state index contributed by atoms with van der Waals surface area (Å²) in [6, 6.07) is 18.1. The van der Waals surface area contributed by atoms with Gasteiger partial charge in [0, 0.05) is 31.9 Å². The lowest BCUT2D eigenvalue weighted by molar-refractivity contribution is -0.123. The monoisotopic (exact) mass is 338 g/mol. The molecule has 4 heteroatoms. The molecule has 0 saturated carbocycles. The van der Waals surface area contributed by atoms with Gasteiger partial charge in [-0.05, 0) is 37.1 Å². The van der Waals surface area contributed by atoms with Crippen molar-refractivity contribution in [3.63, 3.8) is 0 Å². The van der Waals surface area contributed by atoms with E-state index in [9.17, 15) is 4.79 Å². The average Bonchev–Trinajstić information content (AvgIpc) is 2.68. The topological polar surface area (TPSA) is 32.8 Å². The highest BCUT2D eigenvalue weighted by Crippen LogP contribution is 2.25. The van der Waals surface area contributed by atoms with Crippen molar-refractivity contribution < 1.29 is 9.53 Å². The van der Waals surface area contributed by atoms with Gasteiger partial charge in [-0.15, -0.1) is 0 Å². The molecule has 25 heavy (non-hydrogen) atoms. The second-order valence-corrected chi connectivity index (χ2v) is 6.66. The lowest BCUT2D eigenvalue weighted by atomic mass is 9.96. The van der Waals surface area contributed by atoms with Crippen LogP contribution < -0.4 is 9.64 Å². The maximum atomic E-state index is 13.0. The zero-order valence-electron chi connectivity index (χ0n) is 15.0. The Hall–Kier alpha value is -2.33. The Labute approximate surface area is 150 Å². The lowest BCUT2D eigenvalue weighted by Crippen LogP contribution is -2.43. The van der Waals surface area contributed by atoms with Crippen LogP contribution in [0.2, 0.25) is 0 Å². The minimum atomic E-state index is 0.0497. The Kier molecular flexibility index (Phi) is 5.71. The summed E-state index contributed by atoms with van der Waals surface area (Å²) in [5.41, 5.74) is 2.18. The van der Waals surface area contributed by atoms with Crippen LogP contribution in [-0.2, 0) is 11.3 Å². The number of carbonyl (C=O) groups is 1. The number of anilines is 1. The second kappa shape index (κ2) is 8.17. The molecule has 0 aromatic heterocycles. The molecule has 1 fully saturated rings. The van der Waals surface area contributed by atoms with Gasteiger partial charge in [0.1, 0.15) is 5.75 Å². The van der Waals surface area contributed by atoms with E-state index in [0.717, 1.165) is 43.9 Å². The third-order valence-electron chi connectivity index (χ3n) is 4.87. The molecule has 2 aromatic carbocycles. The van der Waals surface area contributed by atoms with Crippen molar-refractivity contribution in [2.75, 3.05) is 32.1 Å². The van der Waals surface area contributed by atoms with Crippen molar-refractivity contribution in [2.45, 2.75) is 19.4 Å². The SMILES string of the molecule is COc1cccc(N(C)C(=O)[C@@H]2CCCN(Cc3ccccc3)C2)c1. The largest absolute Gasteiger partial charge is 0.497 e. The van der Waals surface area contributed by atoms with Crippen LogP contribution in [0.5, 0.6) is 5.75 Å². The summed E-state index contributed by atoms with van der Waals surface area (Å²) in [6.45, 7) is 2.79. The molecule has 0 spiro atoms. The number of ether oxygens (including phenoxy) is 1. The Balaban J connectivity index is 1.64. The number of piperidine rings is 1. The van der Waals surface area contributed by atoms with E-state index in [1.165, 1.54) is 5.56 Å². The number of benzene rings is 2. The molecular formula is C21H26N2O2. The first-order valence-electron chi connectivity index (χ1n) is 8.85. The van der Waals surface area contributed by atoms with E-state index >= 15 is 0 Å². The number of amides is 1. The van der Waals surface area contributed by atoms with Crippen LogP contribution in [0.1, 0.15) is 18.4 Å². The van der Waals surface area contributed by atoms with Gasteiger partial charge in [0.2, 0.25) is 5.91 Å². The first kappa shape index (κ1) is 17.5. The predicted octanol–water partition coefficient (Wildman–Crippen LogP) is 3.57. The summed E-state index contributed by atoms with van der Waals surface area (Å²) >= 11 is 0. The molecule has 0 bridgehead atoms. The number of methoxy groups -OCH3 is 1. The third-order valence-corrected chi connectivity index (χ3v) is 4.87. The molecule has 1 aliphatic heterocycles. The molecule has 2 aromatic rings. The fourth-order valence-electron chi connectivity index (χ4n) is 3.46. The quantitative estimate of drug-likeness (QED) is 0.835. The maximum absolute atomic E-state index is 13.0. The van der Waals surface area contributed by atoms with Crippen LogP contribution in [0.15, 0.2) is 54.6 Å². The fourth-order valence-corrected chi connectivity index (χ4v) is 3.46. The van der Waals surface area contributed by atoms with Gasteiger partial charge in [0.05, 0.1) is 13.0 Å². The fraction of sp³-hybridized carbons (Fsp3) is 0.381. The van der Waals surface area contributed by atoms with Crippen molar-refractivity contribution in [2.24, 2.45) is 5.92 Å².